The lowest BCUT2D eigenvalue weighted by molar-refractivity contribution is -0.129. The molecule has 1 aromatic carbocycles. The number of pyridine rings is 1. The molecule has 22 heavy (non-hydrogen) atoms. The van der Waals surface area contributed by atoms with Crippen LogP contribution in [0, 0.1) is 0 Å². The van der Waals surface area contributed by atoms with E-state index in [4.69, 9.17) is 4.74 Å². The Balaban J connectivity index is 1.78. The monoisotopic (exact) mass is 298 g/mol. The normalized spacial score (nSPS) is 10.3. The van der Waals surface area contributed by atoms with Gasteiger partial charge in [0.1, 0.15) is 5.75 Å². The largest absolute Gasteiger partial charge is 0.497 e. The lowest BCUT2D eigenvalue weighted by Crippen LogP contribution is -2.29. The number of amides is 1. The second-order valence-electron chi connectivity index (χ2n) is 5.24. The van der Waals surface area contributed by atoms with Gasteiger partial charge in [0.25, 0.3) is 0 Å². The first kappa shape index (κ1) is 16.0. The van der Waals surface area contributed by atoms with Gasteiger partial charge in [-0.2, -0.15) is 0 Å². The summed E-state index contributed by atoms with van der Waals surface area (Å²) in [6.45, 7) is 0.688. The van der Waals surface area contributed by atoms with Gasteiger partial charge in [-0.05, 0) is 36.2 Å². The number of hydrogen-bond acceptors (Lipinski definition) is 3. The summed E-state index contributed by atoms with van der Waals surface area (Å²) in [5.41, 5.74) is 2.13. The van der Waals surface area contributed by atoms with Gasteiger partial charge < -0.3 is 9.64 Å². The van der Waals surface area contributed by atoms with Crippen molar-refractivity contribution in [3.05, 3.63) is 59.9 Å². The summed E-state index contributed by atoms with van der Waals surface area (Å²) in [5, 5.41) is 0. The molecule has 0 saturated heterocycles. The van der Waals surface area contributed by atoms with Crippen LogP contribution in [-0.4, -0.2) is 36.5 Å². The van der Waals surface area contributed by atoms with Crippen LogP contribution in [0.1, 0.15) is 17.7 Å². The van der Waals surface area contributed by atoms with Crippen LogP contribution in [0.3, 0.4) is 0 Å². The van der Waals surface area contributed by atoms with Gasteiger partial charge in [-0.25, -0.2) is 0 Å². The fourth-order valence-corrected chi connectivity index (χ4v) is 2.22. The predicted octanol–water partition coefficient (Wildman–Crippen LogP) is 2.72. The van der Waals surface area contributed by atoms with Crippen LogP contribution < -0.4 is 4.74 Å². The standard InChI is InChI=1S/C18H22N2O2/c1-20(13-11-16-7-3-4-12-19-16)18(21)10-9-15-6-5-8-17(14-15)22-2/h3-8,12,14H,9-11,13H2,1-2H3. The third-order valence-corrected chi connectivity index (χ3v) is 3.62. The van der Waals surface area contributed by atoms with Crippen molar-refractivity contribution < 1.29 is 9.53 Å². The summed E-state index contributed by atoms with van der Waals surface area (Å²) in [6.07, 6.45) is 3.79. The Labute approximate surface area is 131 Å². The van der Waals surface area contributed by atoms with E-state index in [1.807, 2.05) is 49.5 Å². The second kappa shape index (κ2) is 8.17. The smallest absolute Gasteiger partial charge is 0.222 e. The minimum atomic E-state index is 0.152. The number of nitrogens with zero attached hydrogens (tertiary/aromatic N) is 2. The van der Waals surface area contributed by atoms with Crippen molar-refractivity contribution in [3.63, 3.8) is 0 Å². The van der Waals surface area contributed by atoms with E-state index >= 15 is 0 Å². The first-order valence-corrected chi connectivity index (χ1v) is 7.46. The van der Waals surface area contributed by atoms with Crippen molar-refractivity contribution in [2.45, 2.75) is 19.3 Å². The average molecular weight is 298 g/mol. The SMILES string of the molecule is COc1cccc(CCC(=O)N(C)CCc2ccccn2)c1. The fraction of sp³-hybridized carbons (Fsp3) is 0.333. The van der Waals surface area contributed by atoms with Gasteiger partial charge in [-0.3, -0.25) is 9.78 Å². The van der Waals surface area contributed by atoms with E-state index in [1.54, 1.807) is 18.2 Å². The summed E-state index contributed by atoms with van der Waals surface area (Å²) in [6, 6.07) is 13.7. The quantitative estimate of drug-likeness (QED) is 0.789. The predicted molar refractivity (Wildman–Crippen MR) is 86.9 cm³/mol. The first-order valence-electron chi connectivity index (χ1n) is 7.46. The van der Waals surface area contributed by atoms with Crippen LogP contribution in [0.4, 0.5) is 0 Å². The molecule has 0 N–H and O–H groups in total. The Bertz CT molecular complexity index is 599. The Kier molecular flexibility index (Phi) is 5.95. The lowest BCUT2D eigenvalue weighted by Gasteiger charge is -2.17. The highest BCUT2D eigenvalue weighted by atomic mass is 16.5. The van der Waals surface area contributed by atoms with E-state index in [0.717, 1.165) is 29.8 Å². The van der Waals surface area contributed by atoms with Gasteiger partial charge in [0, 0.05) is 38.3 Å². The number of rotatable bonds is 7. The fourth-order valence-electron chi connectivity index (χ4n) is 2.22. The van der Waals surface area contributed by atoms with E-state index in [-0.39, 0.29) is 5.91 Å². The summed E-state index contributed by atoms with van der Waals surface area (Å²) >= 11 is 0. The number of aryl methyl sites for hydroxylation is 1. The minimum Gasteiger partial charge on any atom is -0.497 e. The summed E-state index contributed by atoms with van der Waals surface area (Å²) in [7, 11) is 3.49. The Morgan fingerprint density at radius 3 is 2.77 bits per heavy atom. The Morgan fingerprint density at radius 1 is 1.18 bits per heavy atom. The van der Waals surface area contributed by atoms with E-state index in [1.165, 1.54) is 0 Å². The molecular formula is C18H22N2O2. The number of carbonyl (C=O) groups excluding carboxylic acids is 1. The molecule has 0 spiro atoms. The van der Waals surface area contributed by atoms with Crippen LogP contribution in [0.5, 0.6) is 5.75 Å². The zero-order chi connectivity index (χ0) is 15.8. The maximum atomic E-state index is 12.2. The van der Waals surface area contributed by atoms with Gasteiger partial charge in [0.2, 0.25) is 5.91 Å². The number of carbonyl (C=O) groups is 1. The van der Waals surface area contributed by atoms with Crippen molar-refractivity contribution in [2.75, 3.05) is 20.7 Å². The van der Waals surface area contributed by atoms with Crippen LogP contribution in [-0.2, 0) is 17.6 Å². The maximum Gasteiger partial charge on any atom is 0.222 e. The number of ether oxygens (including phenoxy) is 1. The zero-order valence-corrected chi connectivity index (χ0v) is 13.2. The molecule has 0 aliphatic carbocycles. The molecule has 1 amide bonds. The van der Waals surface area contributed by atoms with Crippen LogP contribution in [0.15, 0.2) is 48.7 Å². The molecule has 0 aliphatic heterocycles. The molecular weight excluding hydrogens is 276 g/mol. The molecule has 2 aromatic rings. The van der Waals surface area contributed by atoms with Gasteiger partial charge in [0.15, 0.2) is 0 Å². The Morgan fingerprint density at radius 2 is 2.05 bits per heavy atom. The highest BCUT2D eigenvalue weighted by Gasteiger charge is 2.09. The molecule has 1 heterocycles. The van der Waals surface area contributed by atoms with Gasteiger partial charge in [-0.15, -0.1) is 0 Å². The summed E-state index contributed by atoms with van der Waals surface area (Å²) in [4.78, 5) is 18.2. The van der Waals surface area contributed by atoms with Gasteiger partial charge in [0.05, 0.1) is 7.11 Å². The maximum absolute atomic E-state index is 12.2. The molecule has 116 valence electrons. The number of benzene rings is 1. The van der Waals surface area contributed by atoms with E-state index in [9.17, 15) is 4.79 Å². The highest BCUT2D eigenvalue weighted by Crippen LogP contribution is 2.14. The number of likely N-dealkylation sites (N-methyl/N-ethyl adjacent to an activating group) is 1. The average Bonchev–Trinajstić information content (AvgIpc) is 2.58. The number of hydrogen-bond donors (Lipinski definition) is 0. The molecule has 1 aromatic heterocycles. The molecule has 0 bridgehead atoms. The van der Waals surface area contributed by atoms with Crippen molar-refractivity contribution in [1.82, 2.24) is 9.88 Å². The van der Waals surface area contributed by atoms with Crippen molar-refractivity contribution >= 4 is 5.91 Å². The van der Waals surface area contributed by atoms with Crippen LogP contribution in [0.25, 0.3) is 0 Å². The molecule has 0 fully saturated rings. The first-order chi connectivity index (χ1) is 10.7. The molecule has 2 rings (SSSR count). The van der Waals surface area contributed by atoms with E-state index in [0.29, 0.717) is 13.0 Å². The third-order valence-electron chi connectivity index (χ3n) is 3.62. The molecule has 0 unspecified atom stereocenters. The van der Waals surface area contributed by atoms with E-state index in [2.05, 4.69) is 4.98 Å². The zero-order valence-electron chi connectivity index (χ0n) is 13.2. The topological polar surface area (TPSA) is 42.4 Å². The highest BCUT2D eigenvalue weighted by molar-refractivity contribution is 5.76. The molecule has 0 saturated carbocycles. The lowest BCUT2D eigenvalue weighted by atomic mass is 10.1. The molecule has 4 heteroatoms. The van der Waals surface area contributed by atoms with Gasteiger partial charge in [-0.1, -0.05) is 18.2 Å². The number of methoxy groups -OCH3 is 1. The third kappa shape index (κ3) is 4.88. The second-order valence-corrected chi connectivity index (χ2v) is 5.24. The Hall–Kier alpha value is -2.36. The van der Waals surface area contributed by atoms with Crippen LogP contribution in [0.2, 0.25) is 0 Å². The summed E-state index contributed by atoms with van der Waals surface area (Å²) < 4.78 is 5.19. The number of aromatic nitrogens is 1. The molecule has 0 atom stereocenters. The molecule has 0 radical (unpaired) electrons. The van der Waals surface area contributed by atoms with E-state index < -0.39 is 0 Å². The minimum absolute atomic E-state index is 0.152. The molecule has 0 aliphatic rings. The van der Waals surface area contributed by atoms with Crippen molar-refractivity contribution in [1.29, 1.82) is 0 Å². The molecule has 4 nitrogen and oxygen atoms in total. The van der Waals surface area contributed by atoms with Crippen molar-refractivity contribution in [2.24, 2.45) is 0 Å². The summed E-state index contributed by atoms with van der Waals surface area (Å²) in [5.74, 6) is 0.979. The van der Waals surface area contributed by atoms with Crippen molar-refractivity contribution in [3.8, 4) is 5.75 Å². The van der Waals surface area contributed by atoms with Crippen LogP contribution >= 0.6 is 0 Å². The van der Waals surface area contributed by atoms with Gasteiger partial charge >= 0.3 is 0 Å².